The molecule has 3 aromatic carbocycles. The van der Waals surface area contributed by atoms with Gasteiger partial charge < -0.3 is 15.2 Å². The summed E-state index contributed by atoms with van der Waals surface area (Å²) in [6.45, 7) is 1.99. The van der Waals surface area contributed by atoms with Gasteiger partial charge in [0, 0.05) is 49.2 Å². The second-order valence-corrected chi connectivity index (χ2v) is 8.16. The summed E-state index contributed by atoms with van der Waals surface area (Å²) in [5, 5.41) is 3.73. The highest BCUT2D eigenvalue weighted by atomic mass is 19.1. The van der Waals surface area contributed by atoms with E-state index >= 15 is 0 Å². The smallest absolute Gasteiger partial charge is 0.224 e. The minimum Gasteiger partial charge on any atom is -0.354 e. The third kappa shape index (κ3) is 5.29. The third-order valence-electron chi connectivity index (χ3n) is 5.70. The Bertz CT molecular complexity index is 1300. The van der Waals surface area contributed by atoms with Gasteiger partial charge >= 0.3 is 0 Å². The Morgan fingerprint density at radius 2 is 1.79 bits per heavy atom. The first-order valence-electron chi connectivity index (χ1n) is 10.9. The van der Waals surface area contributed by atoms with Crippen LogP contribution < -0.4 is 5.32 Å². The van der Waals surface area contributed by atoms with Gasteiger partial charge in [-0.25, -0.2) is 4.39 Å². The number of carbonyl (C=O) groups excluding carboxylic acids is 2. The van der Waals surface area contributed by atoms with Gasteiger partial charge in [0.2, 0.25) is 11.8 Å². The molecule has 0 radical (unpaired) electrons. The normalized spacial score (nSPS) is 10.9. The molecule has 0 aliphatic rings. The Balaban J connectivity index is 1.51. The molecule has 1 aromatic heterocycles. The van der Waals surface area contributed by atoms with Gasteiger partial charge in [-0.1, -0.05) is 42.5 Å². The molecule has 2 amide bonds. The average molecular weight is 444 g/mol. The predicted octanol–water partition coefficient (Wildman–Crippen LogP) is 5.52. The Morgan fingerprint density at radius 3 is 2.55 bits per heavy atom. The molecule has 0 unspecified atom stereocenters. The number of hydrogen-bond donors (Lipinski definition) is 2. The van der Waals surface area contributed by atoms with Gasteiger partial charge in [0.25, 0.3) is 0 Å². The Labute approximate surface area is 192 Å². The number of nitrogens with one attached hydrogen (secondary N) is 2. The molecule has 0 aliphatic heterocycles. The molecule has 0 bridgehead atoms. The lowest BCUT2D eigenvalue weighted by Gasteiger charge is -2.15. The summed E-state index contributed by atoms with van der Waals surface area (Å²) in [4.78, 5) is 29.2. The van der Waals surface area contributed by atoms with Gasteiger partial charge in [-0.15, -0.1) is 0 Å². The van der Waals surface area contributed by atoms with Crippen molar-refractivity contribution in [1.82, 2.24) is 9.88 Å². The second-order valence-electron chi connectivity index (χ2n) is 8.16. The Morgan fingerprint density at radius 1 is 1.00 bits per heavy atom. The SMILES string of the molecule is CC(=O)N(C)Cc1cccc(NC(=O)CCc2c(-c3ccccc3)[nH]c3ccc(F)cc23)c1. The van der Waals surface area contributed by atoms with Crippen molar-refractivity contribution in [2.24, 2.45) is 0 Å². The largest absolute Gasteiger partial charge is 0.354 e. The number of H-pyrrole nitrogens is 1. The van der Waals surface area contributed by atoms with Crippen LogP contribution in [0, 0.1) is 5.82 Å². The molecule has 33 heavy (non-hydrogen) atoms. The highest BCUT2D eigenvalue weighted by Gasteiger charge is 2.15. The lowest BCUT2D eigenvalue weighted by atomic mass is 10.0. The number of aromatic amines is 1. The van der Waals surface area contributed by atoms with Gasteiger partial charge in [-0.2, -0.15) is 0 Å². The number of rotatable bonds is 7. The zero-order valence-electron chi connectivity index (χ0n) is 18.7. The van der Waals surface area contributed by atoms with Crippen LogP contribution in [0.4, 0.5) is 10.1 Å². The van der Waals surface area contributed by atoms with Crippen molar-refractivity contribution < 1.29 is 14.0 Å². The number of fused-ring (bicyclic) bond motifs is 1. The highest BCUT2D eigenvalue weighted by molar-refractivity contribution is 5.94. The van der Waals surface area contributed by atoms with Crippen LogP contribution in [0.3, 0.4) is 0 Å². The van der Waals surface area contributed by atoms with Crippen LogP contribution in [-0.2, 0) is 22.6 Å². The Hall–Kier alpha value is -3.93. The van der Waals surface area contributed by atoms with Crippen LogP contribution in [0.5, 0.6) is 0 Å². The number of aromatic nitrogens is 1. The van der Waals surface area contributed by atoms with E-state index in [-0.39, 0.29) is 24.1 Å². The average Bonchev–Trinajstić information content (AvgIpc) is 3.16. The van der Waals surface area contributed by atoms with Gasteiger partial charge in [0.1, 0.15) is 5.82 Å². The lowest BCUT2D eigenvalue weighted by Crippen LogP contribution is -2.23. The Kier molecular flexibility index (Phi) is 6.54. The first-order valence-corrected chi connectivity index (χ1v) is 10.9. The number of amides is 2. The van der Waals surface area contributed by atoms with E-state index < -0.39 is 0 Å². The molecule has 0 saturated heterocycles. The summed E-state index contributed by atoms with van der Waals surface area (Å²) in [5.41, 5.74) is 5.27. The number of hydrogen-bond acceptors (Lipinski definition) is 2. The quantitative estimate of drug-likeness (QED) is 0.395. The fourth-order valence-corrected chi connectivity index (χ4v) is 3.93. The summed E-state index contributed by atoms with van der Waals surface area (Å²) in [5.74, 6) is -0.454. The van der Waals surface area contributed by atoms with E-state index in [0.29, 0.717) is 18.7 Å². The number of nitrogens with zero attached hydrogens (tertiary/aromatic N) is 1. The van der Waals surface area contributed by atoms with Crippen molar-refractivity contribution in [1.29, 1.82) is 0 Å². The van der Waals surface area contributed by atoms with Crippen molar-refractivity contribution in [2.45, 2.75) is 26.3 Å². The van der Waals surface area contributed by atoms with Crippen molar-refractivity contribution in [3.05, 3.63) is 89.7 Å². The molecule has 1 heterocycles. The highest BCUT2D eigenvalue weighted by Crippen LogP contribution is 2.32. The van der Waals surface area contributed by atoms with Crippen molar-refractivity contribution in [3.8, 4) is 11.3 Å². The van der Waals surface area contributed by atoms with E-state index in [2.05, 4.69) is 10.3 Å². The van der Waals surface area contributed by atoms with E-state index in [9.17, 15) is 14.0 Å². The molecule has 168 valence electrons. The monoisotopic (exact) mass is 443 g/mol. The predicted molar refractivity (Wildman–Crippen MR) is 129 cm³/mol. The zero-order chi connectivity index (χ0) is 23.4. The minimum absolute atomic E-state index is 0.0196. The first-order chi connectivity index (χ1) is 15.9. The van der Waals surface area contributed by atoms with E-state index in [0.717, 1.165) is 33.3 Å². The standard InChI is InChI=1S/C27H26FN3O2/c1-18(32)31(2)17-19-7-6-10-22(15-19)29-26(33)14-12-23-24-16-21(28)11-13-25(24)30-27(23)20-8-4-3-5-9-20/h3-11,13,15-16,30H,12,14,17H2,1-2H3,(H,29,33). The summed E-state index contributed by atoms with van der Waals surface area (Å²) in [6, 6.07) is 22.0. The van der Waals surface area contributed by atoms with E-state index in [1.807, 2.05) is 54.6 Å². The maximum absolute atomic E-state index is 14.0. The van der Waals surface area contributed by atoms with Crippen molar-refractivity contribution in [2.75, 3.05) is 12.4 Å². The molecular formula is C27H26FN3O2. The second kappa shape index (κ2) is 9.69. The molecule has 0 aliphatic carbocycles. The van der Waals surface area contributed by atoms with Gasteiger partial charge in [-0.05, 0) is 53.4 Å². The molecule has 6 heteroatoms. The molecule has 4 rings (SSSR count). The summed E-state index contributed by atoms with van der Waals surface area (Å²) >= 11 is 0. The maximum Gasteiger partial charge on any atom is 0.224 e. The molecule has 5 nitrogen and oxygen atoms in total. The molecule has 4 aromatic rings. The van der Waals surface area contributed by atoms with Gasteiger partial charge in [-0.3, -0.25) is 9.59 Å². The lowest BCUT2D eigenvalue weighted by molar-refractivity contribution is -0.128. The number of benzene rings is 3. The van der Waals surface area contributed by atoms with Crippen LogP contribution in [0.2, 0.25) is 0 Å². The fourth-order valence-electron chi connectivity index (χ4n) is 3.93. The minimum atomic E-state index is -0.306. The third-order valence-corrected chi connectivity index (χ3v) is 5.70. The topological polar surface area (TPSA) is 65.2 Å². The van der Waals surface area contributed by atoms with Crippen LogP contribution >= 0.6 is 0 Å². The number of carbonyl (C=O) groups is 2. The molecular weight excluding hydrogens is 417 g/mol. The number of halogens is 1. The van der Waals surface area contributed by atoms with Gasteiger partial charge in [0.05, 0.1) is 0 Å². The van der Waals surface area contributed by atoms with E-state index in [4.69, 9.17) is 0 Å². The van der Waals surface area contributed by atoms with Crippen LogP contribution in [0.15, 0.2) is 72.8 Å². The van der Waals surface area contributed by atoms with E-state index in [1.165, 1.54) is 19.1 Å². The van der Waals surface area contributed by atoms with Crippen LogP contribution in [0.1, 0.15) is 24.5 Å². The van der Waals surface area contributed by atoms with E-state index in [1.54, 1.807) is 18.0 Å². The molecule has 2 N–H and O–H groups in total. The first kappa shape index (κ1) is 22.3. The summed E-state index contributed by atoms with van der Waals surface area (Å²) in [7, 11) is 1.74. The van der Waals surface area contributed by atoms with Crippen molar-refractivity contribution >= 4 is 28.4 Å². The zero-order valence-corrected chi connectivity index (χ0v) is 18.7. The molecule has 0 fully saturated rings. The molecule has 0 spiro atoms. The van der Waals surface area contributed by atoms with Gasteiger partial charge in [0.15, 0.2) is 0 Å². The molecule has 0 saturated carbocycles. The fraction of sp³-hybridized carbons (Fsp3) is 0.185. The maximum atomic E-state index is 14.0. The summed E-state index contributed by atoms with van der Waals surface area (Å²) < 4.78 is 14.0. The number of aryl methyl sites for hydroxylation is 1. The molecule has 0 atom stereocenters. The van der Waals surface area contributed by atoms with Crippen LogP contribution in [0.25, 0.3) is 22.2 Å². The number of anilines is 1. The van der Waals surface area contributed by atoms with Crippen molar-refractivity contribution in [3.63, 3.8) is 0 Å². The summed E-state index contributed by atoms with van der Waals surface area (Å²) in [6.07, 6.45) is 0.715. The van der Waals surface area contributed by atoms with Crippen LogP contribution in [-0.4, -0.2) is 28.7 Å².